The number of hydrogen-bond acceptors (Lipinski definition) is 1. The van der Waals surface area contributed by atoms with Gasteiger partial charge in [0.05, 0.1) is 19.8 Å². The van der Waals surface area contributed by atoms with Crippen LogP contribution in [0, 0.1) is 13.8 Å². The number of aromatic nitrogens is 3. The summed E-state index contributed by atoms with van der Waals surface area (Å²) in [4.78, 5) is 4.24. The van der Waals surface area contributed by atoms with Crippen molar-refractivity contribution in [2.75, 3.05) is 0 Å². The molecule has 2 aromatic heterocycles. The summed E-state index contributed by atoms with van der Waals surface area (Å²) in [6, 6.07) is 0. The third-order valence-corrected chi connectivity index (χ3v) is 2.90. The highest BCUT2D eigenvalue weighted by Gasteiger charge is 2.19. The Morgan fingerprint density at radius 1 is 1.36 bits per heavy atom. The lowest BCUT2D eigenvalue weighted by molar-refractivity contribution is -0.652. The molecule has 0 bridgehead atoms. The Bertz CT molecular complexity index is 483. The zero-order valence-electron chi connectivity index (χ0n) is 9.20. The normalized spacial score (nSPS) is 11.1. The van der Waals surface area contributed by atoms with Gasteiger partial charge in [0, 0.05) is 18.7 Å². The van der Waals surface area contributed by atoms with Gasteiger partial charge in [0.25, 0.3) is 5.82 Å². The van der Waals surface area contributed by atoms with Gasteiger partial charge in [-0.25, -0.2) is 9.13 Å². The Balaban J connectivity index is 2.95. The first kappa shape index (κ1) is 9.19. The van der Waals surface area contributed by atoms with E-state index in [4.69, 9.17) is 0 Å². The Kier molecular flexibility index (Phi) is 2.02. The van der Waals surface area contributed by atoms with Crippen molar-refractivity contribution in [1.82, 2.24) is 9.55 Å². The molecule has 74 valence electrons. The molecule has 2 aromatic rings. The molecule has 0 radical (unpaired) electrons. The summed E-state index contributed by atoms with van der Waals surface area (Å²) in [5.41, 5.74) is 3.76. The van der Waals surface area contributed by atoms with Crippen molar-refractivity contribution in [3.63, 3.8) is 0 Å². The molecular weight excluding hydrogens is 174 g/mol. The van der Waals surface area contributed by atoms with E-state index in [1.807, 2.05) is 12.4 Å². The van der Waals surface area contributed by atoms with Crippen LogP contribution in [0.4, 0.5) is 0 Å². The van der Waals surface area contributed by atoms with Crippen LogP contribution in [-0.4, -0.2) is 9.55 Å². The predicted molar refractivity (Wildman–Crippen MR) is 56.1 cm³/mol. The molecule has 0 fully saturated rings. The van der Waals surface area contributed by atoms with E-state index in [0.29, 0.717) is 0 Å². The van der Waals surface area contributed by atoms with Crippen LogP contribution in [0.1, 0.15) is 18.3 Å². The van der Waals surface area contributed by atoms with Crippen LogP contribution in [0.2, 0.25) is 0 Å². The van der Waals surface area contributed by atoms with E-state index < -0.39 is 0 Å². The van der Waals surface area contributed by atoms with Crippen LogP contribution in [0.5, 0.6) is 0 Å². The molecule has 2 rings (SSSR count). The topological polar surface area (TPSA) is 21.7 Å². The third kappa shape index (κ3) is 1.05. The van der Waals surface area contributed by atoms with Crippen molar-refractivity contribution in [3.05, 3.63) is 23.8 Å². The molecule has 0 aliphatic heterocycles. The molecule has 0 aliphatic carbocycles. The highest BCUT2D eigenvalue weighted by molar-refractivity contribution is 5.74. The maximum absolute atomic E-state index is 4.24. The quantitative estimate of drug-likeness (QED) is 0.624. The standard InChI is InChI=1S/C11H16N3/c1-5-14-9(3)13(4)11-8(2)6-12-7-10(11)14/h6-7H,5H2,1-4H3/q+1. The number of hydrogen-bond donors (Lipinski definition) is 0. The van der Waals surface area contributed by atoms with E-state index in [-0.39, 0.29) is 0 Å². The van der Waals surface area contributed by atoms with Crippen molar-refractivity contribution in [3.8, 4) is 0 Å². The molecule has 14 heavy (non-hydrogen) atoms. The number of nitrogens with zero attached hydrogens (tertiary/aromatic N) is 3. The fourth-order valence-electron chi connectivity index (χ4n) is 2.09. The van der Waals surface area contributed by atoms with Gasteiger partial charge < -0.3 is 0 Å². The molecular formula is C11H16N3+. The molecule has 0 spiro atoms. The maximum Gasteiger partial charge on any atom is 0.254 e. The summed E-state index contributed by atoms with van der Waals surface area (Å²) < 4.78 is 4.52. The van der Waals surface area contributed by atoms with Crippen molar-refractivity contribution in [2.24, 2.45) is 7.05 Å². The van der Waals surface area contributed by atoms with E-state index >= 15 is 0 Å². The van der Waals surface area contributed by atoms with Crippen LogP contribution < -0.4 is 4.57 Å². The lowest BCUT2D eigenvalue weighted by Gasteiger charge is -1.92. The van der Waals surface area contributed by atoms with Crippen LogP contribution in [0.3, 0.4) is 0 Å². The van der Waals surface area contributed by atoms with E-state index in [2.05, 4.69) is 41.9 Å². The van der Waals surface area contributed by atoms with E-state index in [1.165, 1.54) is 22.4 Å². The fourth-order valence-corrected chi connectivity index (χ4v) is 2.09. The summed E-state index contributed by atoms with van der Waals surface area (Å²) in [5, 5.41) is 0. The number of fused-ring (bicyclic) bond motifs is 1. The molecule has 2 heterocycles. The average Bonchev–Trinajstić information content (AvgIpc) is 2.41. The van der Waals surface area contributed by atoms with Gasteiger partial charge in [-0.15, -0.1) is 0 Å². The molecule has 0 saturated heterocycles. The second-order valence-electron chi connectivity index (χ2n) is 3.67. The summed E-state index contributed by atoms with van der Waals surface area (Å²) in [6.07, 6.45) is 3.86. The van der Waals surface area contributed by atoms with Crippen LogP contribution in [-0.2, 0) is 13.6 Å². The number of imidazole rings is 1. The van der Waals surface area contributed by atoms with Gasteiger partial charge >= 0.3 is 0 Å². The minimum absolute atomic E-state index is 0.994. The van der Waals surface area contributed by atoms with Crippen molar-refractivity contribution >= 4 is 11.0 Å². The highest BCUT2D eigenvalue weighted by atomic mass is 15.2. The maximum atomic E-state index is 4.24. The molecule has 0 atom stereocenters. The Hall–Kier alpha value is -1.38. The van der Waals surface area contributed by atoms with Crippen molar-refractivity contribution < 1.29 is 4.57 Å². The molecule has 0 N–H and O–H groups in total. The first-order valence-electron chi connectivity index (χ1n) is 4.96. The first-order valence-corrected chi connectivity index (χ1v) is 4.96. The minimum Gasteiger partial charge on any atom is -0.260 e. The molecule has 0 amide bonds. The summed E-state index contributed by atoms with van der Waals surface area (Å²) >= 11 is 0. The van der Waals surface area contributed by atoms with E-state index in [1.54, 1.807) is 0 Å². The third-order valence-electron chi connectivity index (χ3n) is 2.90. The van der Waals surface area contributed by atoms with Crippen molar-refractivity contribution in [1.29, 1.82) is 0 Å². The molecule has 0 aliphatic rings. The van der Waals surface area contributed by atoms with E-state index in [0.717, 1.165) is 6.54 Å². The van der Waals surface area contributed by atoms with Crippen LogP contribution in [0.25, 0.3) is 11.0 Å². The van der Waals surface area contributed by atoms with Gasteiger partial charge in [0.15, 0.2) is 11.0 Å². The summed E-state index contributed by atoms with van der Waals surface area (Å²) in [7, 11) is 2.11. The van der Waals surface area contributed by atoms with Crippen LogP contribution >= 0.6 is 0 Å². The number of pyridine rings is 1. The smallest absolute Gasteiger partial charge is 0.254 e. The van der Waals surface area contributed by atoms with Gasteiger partial charge in [-0.3, -0.25) is 4.98 Å². The Labute approximate surface area is 84.0 Å². The first-order chi connectivity index (χ1) is 6.66. The summed E-state index contributed by atoms with van der Waals surface area (Å²) in [5.74, 6) is 1.28. The van der Waals surface area contributed by atoms with Gasteiger partial charge in [0.2, 0.25) is 0 Å². The number of aryl methyl sites for hydroxylation is 3. The Morgan fingerprint density at radius 3 is 2.71 bits per heavy atom. The molecule has 0 unspecified atom stereocenters. The van der Waals surface area contributed by atoms with Gasteiger partial charge in [-0.05, 0) is 13.8 Å². The lowest BCUT2D eigenvalue weighted by Crippen LogP contribution is -2.31. The predicted octanol–water partition coefficient (Wildman–Crippen LogP) is 1.50. The average molecular weight is 190 g/mol. The molecule has 3 nitrogen and oxygen atoms in total. The van der Waals surface area contributed by atoms with Crippen molar-refractivity contribution in [2.45, 2.75) is 27.3 Å². The largest absolute Gasteiger partial charge is 0.260 e. The van der Waals surface area contributed by atoms with E-state index in [9.17, 15) is 0 Å². The SMILES string of the molecule is CCn1c(C)[n+](C)c2c(C)cncc21. The summed E-state index contributed by atoms with van der Waals surface area (Å²) in [6.45, 7) is 7.40. The zero-order valence-corrected chi connectivity index (χ0v) is 9.20. The molecule has 3 heteroatoms. The highest BCUT2D eigenvalue weighted by Crippen LogP contribution is 2.15. The fraction of sp³-hybridized carbons (Fsp3) is 0.455. The molecule has 0 saturated carbocycles. The second kappa shape index (κ2) is 3.08. The number of rotatable bonds is 1. The van der Waals surface area contributed by atoms with Gasteiger partial charge in [-0.1, -0.05) is 0 Å². The Morgan fingerprint density at radius 2 is 2.07 bits per heavy atom. The lowest BCUT2D eigenvalue weighted by atomic mass is 10.3. The monoisotopic (exact) mass is 190 g/mol. The van der Waals surface area contributed by atoms with Gasteiger partial charge in [0.1, 0.15) is 0 Å². The minimum atomic E-state index is 0.994. The van der Waals surface area contributed by atoms with Gasteiger partial charge in [-0.2, -0.15) is 0 Å². The molecule has 0 aromatic carbocycles. The second-order valence-corrected chi connectivity index (χ2v) is 3.67. The van der Waals surface area contributed by atoms with Crippen LogP contribution in [0.15, 0.2) is 12.4 Å². The zero-order chi connectivity index (χ0) is 10.3.